The van der Waals surface area contributed by atoms with Gasteiger partial charge in [0.15, 0.2) is 0 Å². The molecule has 3 nitrogen and oxygen atoms in total. The maximum absolute atomic E-state index is 9.60. The summed E-state index contributed by atoms with van der Waals surface area (Å²) in [5, 5.41) is 9.60. The number of hydrogen-bond acceptors (Lipinski definition) is 3. The minimum atomic E-state index is -0.0767. The van der Waals surface area contributed by atoms with Crippen molar-refractivity contribution in [3.05, 3.63) is 35.4 Å². The molecule has 2 heterocycles. The standard InChI is InChI=1S/C19H30N2O/c22-19-8-13-21(14-9-19)16-18-6-4-5-17(15-18)7-12-20-10-2-1-3-11-20/h4-6,15,19,22H,1-3,7-14,16H2. The number of rotatable bonds is 5. The van der Waals surface area contributed by atoms with Crippen LogP contribution in [0.15, 0.2) is 24.3 Å². The number of nitrogens with zero attached hydrogens (tertiary/aromatic N) is 2. The third-order valence-electron chi connectivity index (χ3n) is 5.12. The highest BCUT2D eigenvalue weighted by atomic mass is 16.3. The SMILES string of the molecule is OC1CCN(Cc2cccc(CCN3CCCCC3)c2)CC1. The molecule has 0 bridgehead atoms. The van der Waals surface area contributed by atoms with Crippen LogP contribution in [0.25, 0.3) is 0 Å². The van der Waals surface area contributed by atoms with E-state index in [2.05, 4.69) is 34.1 Å². The topological polar surface area (TPSA) is 26.7 Å². The van der Waals surface area contributed by atoms with Crippen molar-refractivity contribution in [1.82, 2.24) is 9.80 Å². The van der Waals surface area contributed by atoms with Crippen LogP contribution in [-0.2, 0) is 13.0 Å². The molecule has 2 aliphatic rings. The lowest BCUT2D eigenvalue weighted by Gasteiger charge is -2.29. The Morgan fingerprint density at radius 3 is 2.41 bits per heavy atom. The summed E-state index contributed by atoms with van der Waals surface area (Å²) in [6, 6.07) is 9.11. The molecule has 0 spiro atoms. The fraction of sp³-hybridized carbons (Fsp3) is 0.684. The summed E-state index contributed by atoms with van der Waals surface area (Å²) in [6.45, 7) is 6.87. The second kappa shape index (κ2) is 8.09. The highest BCUT2D eigenvalue weighted by molar-refractivity contribution is 5.23. The molecule has 0 aromatic heterocycles. The van der Waals surface area contributed by atoms with Gasteiger partial charge < -0.3 is 10.0 Å². The largest absolute Gasteiger partial charge is 0.393 e. The highest BCUT2D eigenvalue weighted by Gasteiger charge is 2.17. The second-order valence-corrected chi connectivity index (χ2v) is 6.98. The first-order chi connectivity index (χ1) is 10.8. The quantitative estimate of drug-likeness (QED) is 0.906. The molecule has 1 aromatic carbocycles. The normalized spacial score (nSPS) is 22.0. The molecular formula is C19H30N2O. The van der Waals surface area contributed by atoms with E-state index in [0.717, 1.165) is 32.5 Å². The maximum Gasteiger partial charge on any atom is 0.0564 e. The average Bonchev–Trinajstić information content (AvgIpc) is 2.57. The van der Waals surface area contributed by atoms with Gasteiger partial charge in [-0.1, -0.05) is 30.7 Å². The number of aliphatic hydroxyl groups is 1. The molecule has 1 aromatic rings. The van der Waals surface area contributed by atoms with Crippen molar-refractivity contribution in [2.24, 2.45) is 0 Å². The molecule has 0 atom stereocenters. The van der Waals surface area contributed by atoms with Crippen molar-refractivity contribution in [3.8, 4) is 0 Å². The van der Waals surface area contributed by atoms with Crippen LogP contribution in [0.4, 0.5) is 0 Å². The summed E-state index contributed by atoms with van der Waals surface area (Å²) in [6.07, 6.45) is 7.11. The summed E-state index contributed by atoms with van der Waals surface area (Å²) in [5.41, 5.74) is 2.90. The molecule has 1 N–H and O–H groups in total. The van der Waals surface area contributed by atoms with Crippen LogP contribution in [-0.4, -0.2) is 53.7 Å². The molecule has 3 heteroatoms. The van der Waals surface area contributed by atoms with Crippen LogP contribution in [0.2, 0.25) is 0 Å². The van der Waals surface area contributed by atoms with Crippen LogP contribution in [0.5, 0.6) is 0 Å². The fourth-order valence-corrected chi connectivity index (χ4v) is 3.69. The van der Waals surface area contributed by atoms with E-state index in [0.29, 0.717) is 0 Å². The molecule has 0 amide bonds. The van der Waals surface area contributed by atoms with Gasteiger partial charge in [0.25, 0.3) is 0 Å². The smallest absolute Gasteiger partial charge is 0.0564 e. The monoisotopic (exact) mass is 302 g/mol. The van der Waals surface area contributed by atoms with E-state index in [1.165, 1.54) is 56.4 Å². The Kier molecular flexibility index (Phi) is 5.88. The number of aliphatic hydroxyl groups excluding tert-OH is 1. The van der Waals surface area contributed by atoms with Crippen molar-refractivity contribution in [1.29, 1.82) is 0 Å². The van der Waals surface area contributed by atoms with Gasteiger partial charge in [0.05, 0.1) is 6.10 Å². The predicted octanol–water partition coefficient (Wildman–Crippen LogP) is 2.67. The first-order valence-corrected chi connectivity index (χ1v) is 9.00. The molecular weight excluding hydrogens is 272 g/mol. The molecule has 0 aliphatic carbocycles. The third-order valence-corrected chi connectivity index (χ3v) is 5.12. The molecule has 2 fully saturated rings. The van der Waals surface area contributed by atoms with E-state index in [4.69, 9.17) is 0 Å². The van der Waals surface area contributed by atoms with Crippen LogP contribution in [0, 0.1) is 0 Å². The van der Waals surface area contributed by atoms with E-state index in [1.807, 2.05) is 0 Å². The Morgan fingerprint density at radius 2 is 1.64 bits per heavy atom. The summed E-state index contributed by atoms with van der Waals surface area (Å²) in [5.74, 6) is 0. The van der Waals surface area contributed by atoms with Crippen molar-refractivity contribution in [3.63, 3.8) is 0 Å². The van der Waals surface area contributed by atoms with Crippen molar-refractivity contribution in [2.75, 3.05) is 32.7 Å². The number of likely N-dealkylation sites (tertiary alicyclic amines) is 2. The minimum absolute atomic E-state index is 0.0767. The van der Waals surface area contributed by atoms with Crippen LogP contribution >= 0.6 is 0 Å². The lowest BCUT2D eigenvalue weighted by molar-refractivity contribution is 0.0792. The number of piperidine rings is 2. The van der Waals surface area contributed by atoms with Gasteiger partial charge in [-0.15, -0.1) is 0 Å². The molecule has 2 saturated heterocycles. The Bertz CT molecular complexity index is 449. The van der Waals surface area contributed by atoms with E-state index >= 15 is 0 Å². The van der Waals surface area contributed by atoms with Crippen LogP contribution in [0.3, 0.4) is 0 Å². The molecule has 0 saturated carbocycles. The Hall–Kier alpha value is -0.900. The number of hydrogen-bond donors (Lipinski definition) is 1. The Labute approximate surface area is 134 Å². The first-order valence-electron chi connectivity index (χ1n) is 9.00. The molecule has 2 aliphatic heterocycles. The Balaban J connectivity index is 1.49. The first kappa shape index (κ1) is 16.0. The van der Waals surface area contributed by atoms with Crippen LogP contribution < -0.4 is 0 Å². The molecule has 0 unspecified atom stereocenters. The van der Waals surface area contributed by atoms with Gasteiger partial charge in [0.2, 0.25) is 0 Å². The summed E-state index contributed by atoms with van der Waals surface area (Å²) in [4.78, 5) is 5.08. The lowest BCUT2D eigenvalue weighted by atomic mass is 10.0. The maximum atomic E-state index is 9.60. The van der Waals surface area contributed by atoms with Gasteiger partial charge in [-0.05, 0) is 56.3 Å². The Morgan fingerprint density at radius 1 is 0.909 bits per heavy atom. The average molecular weight is 302 g/mol. The molecule has 22 heavy (non-hydrogen) atoms. The molecule has 122 valence electrons. The zero-order valence-electron chi connectivity index (χ0n) is 13.7. The van der Waals surface area contributed by atoms with Gasteiger partial charge >= 0.3 is 0 Å². The molecule has 0 radical (unpaired) electrons. The zero-order valence-corrected chi connectivity index (χ0v) is 13.7. The molecule has 3 rings (SSSR count). The minimum Gasteiger partial charge on any atom is -0.393 e. The van der Waals surface area contributed by atoms with E-state index < -0.39 is 0 Å². The van der Waals surface area contributed by atoms with E-state index in [9.17, 15) is 5.11 Å². The van der Waals surface area contributed by atoms with Gasteiger partial charge in [0, 0.05) is 26.2 Å². The zero-order chi connectivity index (χ0) is 15.2. The third kappa shape index (κ3) is 4.80. The fourth-order valence-electron chi connectivity index (χ4n) is 3.69. The van der Waals surface area contributed by atoms with Crippen molar-refractivity contribution >= 4 is 0 Å². The second-order valence-electron chi connectivity index (χ2n) is 6.98. The van der Waals surface area contributed by atoms with Gasteiger partial charge in [0.1, 0.15) is 0 Å². The van der Waals surface area contributed by atoms with Crippen molar-refractivity contribution < 1.29 is 5.11 Å². The van der Waals surface area contributed by atoms with Crippen LogP contribution in [0.1, 0.15) is 43.2 Å². The summed E-state index contributed by atoms with van der Waals surface area (Å²) in [7, 11) is 0. The number of benzene rings is 1. The predicted molar refractivity (Wildman–Crippen MR) is 91.0 cm³/mol. The highest BCUT2D eigenvalue weighted by Crippen LogP contribution is 2.15. The van der Waals surface area contributed by atoms with Crippen molar-refractivity contribution in [2.45, 2.75) is 51.2 Å². The van der Waals surface area contributed by atoms with Gasteiger partial charge in [-0.25, -0.2) is 0 Å². The summed E-state index contributed by atoms with van der Waals surface area (Å²) < 4.78 is 0. The summed E-state index contributed by atoms with van der Waals surface area (Å²) >= 11 is 0. The van der Waals surface area contributed by atoms with Gasteiger partial charge in [-0.3, -0.25) is 4.90 Å². The van der Waals surface area contributed by atoms with E-state index in [-0.39, 0.29) is 6.10 Å². The lowest BCUT2D eigenvalue weighted by Crippen LogP contribution is -2.35. The van der Waals surface area contributed by atoms with Gasteiger partial charge in [-0.2, -0.15) is 0 Å². The van der Waals surface area contributed by atoms with E-state index in [1.54, 1.807) is 0 Å².